The predicted molar refractivity (Wildman–Crippen MR) is 136 cm³/mol. The number of hydrogen-bond donors (Lipinski definition) is 0. The lowest BCUT2D eigenvalue weighted by molar-refractivity contribution is -0.122. The lowest BCUT2D eigenvalue weighted by atomic mass is 9.95. The first kappa shape index (κ1) is 21.8. The Balaban J connectivity index is 1.33. The van der Waals surface area contributed by atoms with Crippen LogP contribution in [0.4, 0.5) is 11.5 Å². The van der Waals surface area contributed by atoms with E-state index in [-0.39, 0.29) is 11.8 Å². The van der Waals surface area contributed by atoms with Crippen LogP contribution in [0.15, 0.2) is 103 Å². The van der Waals surface area contributed by atoms with Crippen LogP contribution in [0.1, 0.15) is 18.4 Å². The van der Waals surface area contributed by atoms with Crippen LogP contribution >= 0.6 is 0 Å². The molecule has 1 atom stereocenters. The molecule has 1 aromatic heterocycles. The molecule has 3 aromatic carbocycles. The van der Waals surface area contributed by atoms with Crippen molar-refractivity contribution in [2.75, 3.05) is 22.9 Å². The Bertz CT molecular complexity index is 1200. The Kier molecular flexibility index (Phi) is 6.61. The van der Waals surface area contributed by atoms with Crippen molar-refractivity contribution in [2.45, 2.75) is 19.4 Å². The summed E-state index contributed by atoms with van der Waals surface area (Å²) in [5, 5.41) is 8.94. The smallest absolute Gasteiger partial charge is 0.232 e. The summed E-state index contributed by atoms with van der Waals surface area (Å²) in [6.45, 7) is 2.09. The third-order valence-corrected chi connectivity index (χ3v) is 6.33. The van der Waals surface area contributed by atoms with Gasteiger partial charge in [0.25, 0.3) is 0 Å². The Morgan fingerprint density at radius 3 is 2.18 bits per heavy atom. The number of amides is 1. The molecule has 34 heavy (non-hydrogen) atoms. The van der Waals surface area contributed by atoms with Crippen LogP contribution in [-0.4, -0.2) is 29.2 Å². The molecule has 0 N–H and O–H groups in total. The van der Waals surface area contributed by atoms with Crippen molar-refractivity contribution in [3.63, 3.8) is 0 Å². The van der Waals surface area contributed by atoms with E-state index in [4.69, 9.17) is 0 Å². The van der Waals surface area contributed by atoms with Gasteiger partial charge in [0.05, 0.1) is 18.2 Å². The summed E-state index contributed by atoms with van der Waals surface area (Å²) in [5.41, 5.74) is 3.95. The maximum absolute atomic E-state index is 13.8. The summed E-state index contributed by atoms with van der Waals surface area (Å²) < 4.78 is 0. The van der Waals surface area contributed by atoms with Crippen LogP contribution in [0.5, 0.6) is 0 Å². The Labute approximate surface area is 200 Å². The summed E-state index contributed by atoms with van der Waals surface area (Å²) in [6.07, 6.45) is 1.83. The van der Waals surface area contributed by atoms with Gasteiger partial charge < -0.3 is 9.80 Å². The highest BCUT2D eigenvalue weighted by molar-refractivity contribution is 5.95. The van der Waals surface area contributed by atoms with Gasteiger partial charge in [-0.05, 0) is 42.7 Å². The number of aromatic nitrogens is 2. The maximum Gasteiger partial charge on any atom is 0.232 e. The first-order valence-electron chi connectivity index (χ1n) is 11.8. The van der Waals surface area contributed by atoms with Crippen LogP contribution in [0.2, 0.25) is 0 Å². The highest BCUT2D eigenvalue weighted by atomic mass is 16.2. The molecular weight excluding hydrogens is 420 g/mol. The van der Waals surface area contributed by atoms with E-state index in [0.717, 1.165) is 47.7 Å². The van der Waals surface area contributed by atoms with Gasteiger partial charge in [0.2, 0.25) is 5.91 Å². The first-order chi connectivity index (χ1) is 16.8. The zero-order valence-corrected chi connectivity index (χ0v) is 19.1. The molecule has 0 aliphatic carbocycles. The second kappa shape index (κ2) is 10.3. The molecule has 5 heteroatoms. The molecule has 0 spiro atoms. The fourth-order valence-electron chi connectivity index (χ4n) is 4.53. The summed E-state index contributed by atoms with van der Waals surface area (Å²) >= 11 is 0. The van der Waals surface area contributed by atoms with Gasteiger partial charge in [0.1, 0.15) is 0 Å². The molecule has 170 valence electrons. The van der Waals surface area contributed by atoms with Crippen LogP contribution in [0.25, 0.3) is 11.3 Å². The van der Waals surface area contributed by atoms with Gasteiger partial charge in [0, 0.05) is 24.3 Å². The van der Waals surface area contributed by atoms with Gasteiger partial charge in [-0.25, -0.2) is 0 Å². The second-order valence-corrected chi connectivity index (χ2v) is 8.67. The topological polar surface area (TPSA) is 49.3 Å². The van der Waals surface area contributed by atoms with Crippen LogP contribution in [-0.2, 0) is 11.3 Å². The number of piperidine rings is 1. The van der Waals surface area contributed by atoms with Crippen molar-refractivity contribution >= 4 is 17.4 Å². The average molecular weight is 449 g/mol. The van der Waals surface area contributed by atoms with Crippen molar-refractivity contribution in [3.05, 3.63) is 109 Å². The molecule has 1 aliphatic heterocycles. The van der Waals surface area contributed by atoms with Gasteiger partial charge in [-0.2, -0.15) is 0 Å². The van der Waals surface area contributed by atoms with Crippen molar-refractivity contribution < 1.29 is 4.79 Å². The molecule has 2 heterocycles. The van der Waals surface area contributed by atoms with E-state index in [9.17, 15) is 4.79 Å². The van der Waals surface area contributed by atoms with E-state index >= 15 is 0 Å². The molecule has 1 aliphatic rings. The van der Waals surface area contributed by atoms with Gasteiger partial charge in [-0.3, -0.25) is 4.79 Å². The molecule has 0 radical (unpaired) electrons. The molecule has 0 bridgehead atoms. The molecule has 5 nitrogen and oxygen atoms in total. The minimum Gasteiger partial charge on any atom is -0.354 e. The van der Waals surface area contributed by atoms with Crippen molar-refractivity contribution in [1.29, 1.82) is 0 Å². The fraction of sp³-hybridized carbons (Fsp3) is 0.207. The number of carbonyl (C=O) groups excluding carboxylic acids is 1. The normalized spacial score (nSPS) is 15.6. The fourth-order valence-corrected chi connectivity index (χ4v) is 4.53. The molecule has 4 aromatic rings. The molecule has 1 unspecified atom stereocenters. The predicted octanol–water partition coefficient (Wildman–Crippen LogP) is 5.59. The lowest BCUT2D eigenvalue weighted by Gasteiger charge is -2.35. The zero-order valence-electron chi connectivity index (χ0n) is 19.1. The summed E-state index contributed by atoms with van der Waals surface area (Å²) in [7, 11) is 0. The molecular formula is C29H28N4O. The summed E-state index contributed by atoms with van der Waals surface area (Å²) in [5.74, 6) is 0.897. The van der Waals surface area contributed by atoms with Gasteiger partial charge in [-0.1, -0.05) is 78.9 Å². The van der Waals surface area contributed by atoms with Crippen LogP contribution in [0, 0.1) is 5.92 Å². The van der Waals surface area contributed by atoms with E-state index in [1.165, 1.54) is 0 Å². The largest absolute Gasteiger partial charge is 0.354 e. The highest BCUT2D eigenvalue weighted by Crippen LogP contribution is 2.27. The number of hydrogen-bond acceptors (Lipinski definition) is 4. The Morgan fingerprint density at radius 2 is 1.50 bits per heavy atom. The average Bonchev–Trinajstić information content (AvgIpc) is 2.93. The molecule has 1 fully saturated rings. The van der Waals surface area contributed by atoms with Crippen LogP contribution < -0.4 is 9.80 Å². The number of nitrogens with zero attached hydrogens (tertiary/aromatic N) is 4. The highest BCUT2D eigenvalue weighted by Gasteiger charge is 2.31. The van der Waals surface area contributed by atoms with Crippen molar-refractivity contribution in [3.8, 4) is 11.3 Å². The minimum absolute atomic E-state index is 0.0896. The number of carbonyl (C=O) groups is 1. The molecule has 5 rings (SSSR count). The third-order valence-electron chi connectivity index (χ3n) is 6.33. The maximum atomic E-state index is 13.8. The van der Waals surface area contributed by atoms with E-state index in [1.807, 2.05) is 95.9 Å². The monoisotopic (exact) mass is 448 g/mol. The molecule has 0 saturated carbocycles. The SMILES string of the molecule is O=C(C1CCCN(c2ccc(-c3ccccc3)nn2)C1)N(Cc1ccccc1)c1ccccc1. The Hall–Kier alpha value is -3.99. The van der Waals surface area contributed by atoms with E-state index < -0.39 is 0 Å². The number of rotatable bonds is 6. The number of benzene rings is 3. The quantitative estimate of drug-likeness (QED) is 0.386. The summed E-state index contributed by atoms with van der Waals surface area (Å²) in [6, 6.07) is 34.2. The van der Waals surface area contributed by atoms with Gasteiger partial charge in [-0.15, -0.1) is 10.2 Å². The molecule has 1 saturated heterocycles. The lowest BCUT2D eigenvalue weighted by Crippen LogP contribution is -2.45. The van der Waals surface area contributed by atoms with Gasteiger partial charge in [0.15, 0.2) is 5.82 Å². The van der Waals surface area contributed by atoms with Crippen molar-refractivity contribution in [1.82, 2.24) is 10.2 Å². The standard InChI is InChI=1S/C29H28N4O/c34-29(33(26-16-8-3-9-17-26)21-23-11-4-1-5-12-23)25-15-10-20-32(22-25)28-19-18-27(30-31-28)24-13-6-2-7-14-24/h1-9,11-14,16-19,25H,10,15,20-22H2. The van der Waals surface area contributed by atoms with E-state index in [0.29, 0.717) is 13.1 Å². The second-order valence-electron chi connectivity index (χ2n) is 8.67. The van der Waals surface area contributed by atoms with Gasteiger partial charge >= 0.3 is 0 Å². The summed E-state index contributed by atoms with van der Waals surface area (Å²) in [4.78, 5) is 17.9. The van der Waals surface area contributed by atoms with Crippen LogP contribution in [0.3, 0.4) is 0 Å². The third kappa shape index (κ3) is 4.99. The van der Waals surface area contributed by atoms with E-state index in [2.05, 4.69) is 27.2 Å². The molecule has 1 amide bonds. The van der Waals surface area contributed by atoms with Crippen molar-refractivity contribution in [2.24, 2.45) is 5.92 Å². The number of para-hydroxylation sites is 1. The number of anilines is 2. The van der Waals surface area contributed by atoms with E-state index in [1.54, 1.807) is 0 Å². The Morgan fingerprint density at radius 1 is 0.824 bits per heavy atom. The zero-order chi connectivity index (χ0) is 23.2. The minimum atomic E-state index is -0.0896. The first-order valence-corrected chi connectivity index (χ1v) is 11.8.